The molecule has 2 aromatic rings. The van der Waals surface area contributed by atoms with Gasteiger partial charge >= 0.3 is 0 Å². The zero-order valence-corrected chi connectivity index (χ0v) is 18.8. The molecule has 0 aliphatic carbocycles. The van der Waals surface area contributed by atoms with Crippen LogP contribution < -0.4 is 10.2 Å². The summed E-state index contributed by atoms with van der Waals surface area (Å²) in [6.07, 6.45) is 0. The number of benzene rings is 2. The van der Waals surface area contributed by atoms with E-state index in [0.29, 0.717) is 56.3 Å². The van der Waals surface area contributed by atoms with E-state index in [2.05, 4.69) is 5.32 Å². The Hall–Kier alpha value is -2.49. The molecule has 0 bridgehead atoms. The van der Waals surface area contributed by atoms with Crippen molar-refractivity contribution >= 4 is 27.3 Å². The number of carbonyl (C=O) groups is 1. The third-order valence-electron chi connectivity index (χ3n) is 5.34. The molecule has 0 aromatic heterocycles. The number of carbonyl (C=O) groups excluding carboxylic acids is 1. The molecule has 31 heavy (non-hydrogen) atoms. The molecule has 0 spiro atoms. The van der Waals surface area contributed by atoms with Gasteiger partial charge in [-0.1, -0.05) is 19.9 Å². The first-order chi connectivity index (χ1) is 14.8. The second-order valence-electron chi connectivity index (χ2n) is 7.29. The van der Waals surface area contributed by atoms with Crippen molar-refractivity contribution in [2.75, 3.05) is 49.6 Å². The molecule has 1 heterocycles. The van der Waals surface area contributed by atoms with Crippen LogP contribution in [0.1, 0.15) is 29.8 Å². The van der Waals surface area contributed by atoms with E-state index in [1.807, 2.05) is 4.90 Å². The summed E-state index contributed by atoms with van der Waals surface area (Å²) in [4.78, 5) is 15.2. The van der Waals surface area contributed by atoms with E-state index in [1.54, 1.807) is 39.0 Å². The van der Waals surface area contributed by atoms with Gasteiger partial charge in [-0.3, -0.25) is 4.79 Å². The van der Waals surface area contributed by atoms with E-state index in [-0.39, 0.29) is 10.5 Å². The van der Waals surface area contributed by atoms with Gasteiger partial charge in [0, 0.05) is 37.6 Å². The molecule has 1 aliphatic heterocycles. The lowest BCUT2D eigenvalue weighted by molar-refractivity contribution is 0.102. The molecule has 1 saturated heterocycles. The van der Waals surface area contributed by atoms with Crippen LogP contribution in [0, 0.1) is 12.7 Å². The molecule has 1 fully saturated rings. The Balaban J connectivity index is 2.02. The molecule has 1 amide bonds. The zero-order valence-electron chi connectivity index (χ0n) is 18.0. The van der Waals surface area contributed by atoms with E-state index in [9.17, 15) is 17.6 Å². The maximum atomic E-state index is 13.9. The van der Waals surface area contributed by atoms with Crippen LogP contribution in [0.5, 0.6) is 0 Å². The number of nitrogens with one attached hydrogen (secondary N) is 1. The van der Waals surface area contributed by atoms with Crippen molar-refractivity contribution < 1.29 is 22.3 Å². The summed E-state index contributed by atoms with van der Waals surface area (Å²) in [6.45, 7) is 8.03. The average Bonchev–Trinajstić information content (AvgIpc) is 2.77. The number of rotatable bonds is 7. The minimum atomic E-state index is -3.74. The highest BCUT2D eigenvalue weighted by Crippen LogP contribution is 2.28. The molecule has 9 heteroatoms. The summed E-state index contributed by atoms with van der Waals surface area (Å²) < 4.78 is 46.7. The summed E-state index contributed by atoms with van der Waals surface area (Å²) in [5, 5.41) is 2.70. The summed E-state index contributed by atoms with van der Waals surface area (Å²) in [5.41, 5.74) is 1.61. The van der Waals surface area contributed by atoms with Crippen molar-refractivity contribution in [3.8, 4) is 0 Å². The first-order valence-corrected chi connectivity index (χ1v) is 11.8. The molecule has 1 N–H and O–H groups in total. The second kappa shape index (κ2) is 9.76. The Labute approximate surface area is 182 Å². The number of morpholine rings is 1. The smallest absolute Gasteiger partial charge is 0.257 e. The highest BCUT2D eigenvalue weighted by molar-refractivity contribution is 7.89. The Bertz CT molecular complexity index is 1050. The first-order valence-electron chi connectivity index (χ1n) is 10.3. The minimum Gasteiger partial charge on any atom is -0.378 e. The van der Waals surface area contributed by atoms with E-state index >= 15 is 0 Å². The average molecular weight is 450 g/mol. The number of halogens is 1. The molecule has 0 saturated carbocycles. The number of anilines is 2. The molecule has 0 atom stereocenters. The highest BCUT2D eigenvalue weighted by Gasteiger charge is 2.26. The van der Waals surface area contributed by atoms with E-state index in [1.165, 1.54) is 22.5 Å². The maximum Gasteiger partial charge on any atom is 0.257 e. The SMILES string of the molecule is CCN(CC)S(=O)(=O)c1ccc(N2CCOCC2)c(C(=O)Nc2ccc(C)c(F)c2)c1. The third-order valence-corrected chi connectivity index (χ3v) is 7.38. The van der Waals surface area contributed by atoms with Gasteiger partial charge in [0.2, 0.25) is 10.0 Å². The molecular formula is C22H28FN3O4S. The molecule has 2 aromatic carbocycles. The van der Waals surface area contributed by atoms with Crippen molar-refractivity contribution in [1.29, 1.82) is 0 Å². The number of hydrogen-bond donors (Lipinski definition) is 1. The molecule has 168 valence electrons. The molecular weight excluding hydrogens is 421 g/mol. The van der Waals surface area contributed by atoms with E-state index in [4.69, 9.17) is 4.74 Å². The van der Waals surface area contributed by atoms with Crippen molar-refractivity contribution in [1.82, 2.24) is 4.31 Å². The van der Waals surface area contributed by atoms with Crippen molar-refractivity contribution in [3.05, 3.63) is 53.3 Å². The Morgan fingerprint density at radius 3 is 2.42 bits per heavy atom. The summed E-state index contributed by atoms with van der Waals surface area (Å²) >= 11 is 0. The minimum absolute atomic E-state index is 0.0495. The predicted molar refractivity (Wildman–Crippen MR) is 119 cm³/mol. The van der Waals surface area contributed by atoms with Gasteiger partial charge in [0.05, 0.1) is 23.7 Å². The lowest BCUT2D eigenvalue weighted by atomic mass is 10.1. The molecule has 3 rings (SSSR count). The van der Waals surface area contributed by atoms with Gasteiger partial charge in [-0.15, -0.1) is 0 Å². The predicted octanol–water partition coefficient (Wildman–Crippen LogP) is 3.25. The van der Waals surface area contributed by atoms with Crippen molar-refractivity contribution in [2.45, 2.75) is 25.7 Å². The van der Waals surface area contributed by atoms with Crippen LogP contribution in [-0.4, -0.2) is 58.0 Å². The van der Waals surface area contributed by atoms with Gasteiger partial charge in [0.25, 0.3) is 5.91 Å². The molecule has 1 aliphatic rings. The van der Waals surface area contributed by atoms with E-state index < -0.39 is 21.7 Å². The van der Waals surface area contributed by atoms with Crippen LogP contribution >= 0.6 is 0 Å². The summed E-state index contributed by atoms with van der Waals surface area (Å²) in [5.74, 6) is -0.926. The van der Waals surface area contributed by atoms with Crippen LogP contribution in [-0.2, 0) is 14.8 Å². The summed E-state index contributed by atoms with van der Waals surface area (Å²) in [6, 6.07) is 9.03. The molecule has 7 nitrogen and oxygen atoms in total. The Morgan fingerprint density at radius 1 is 1.13 bits per heavy atom. The van der Waals surface area contributed by atoms with Crippen LogP contribution in [0.25, 0.3) is 0 Å². The Kier molecular flexibility index (Phi) is 7.30. The first kappa shape index (κ1) is 23.2. The van der Waals surface area contributed by atoms with Crippen molar-refractivity contribution in [3.63, 3.8) is 0 Å². The molecule has 0 unspecified atom stereocenters. The number of hydrogen-bond acceptors (Lipinski definition) is 5. The Morgan fingerprint density at radius 2 is 1.81 bits per heavy atom. The largest absolute Gasteiger partial charge is 0.378 e. The number of nitrogens with zero attached hydrogens (tertiary/aromatic N) is 2. The lowest BCUT2D eigenvalue weighted by Crippen LogP contribution is -2.37. The van der Waals surface area contributed by atoms with Gasteiger partial charge in [-0.25, -0.2) is 12.8 Å². The number of ether oxygens (including phenoxy) is 1. The molecule has 0 radical (unpaired) electrons. The monoisotopic (exact) mass is 449 g/mol. The van der Waals surface area contributed by atoms with Crippen molar-refractivity contribution in [2.24, 2.45) is 0 Å². The number of sulfonamides is 1. The third kappa shape index (κ3) is 5.06. The standard InChI is InChI=1S/C22H28FN3O4S/c1-4-26(5-2)31(28,29)18-8-9-21(25-10-12-30-13-11-25)19(15-18)22(27)24-17-7-6-16(3)20(23)14-17/h6-9,14-15H,4-5,10-13H2,1-3H3,(H,24,27). The van der Waals surface area contributed by atoms with Crippen LogP contribution in [0.4, 0.5) is 15.8 Å². The highest BCUT2D eigenvalue weighted by atomic mass is 32.2. The van der Waals surface area contributed by atoms with Gasteiger partial charge in [0.1, 0.15) is 5.82 Å². The normalized spacial score (nSPS) is 14.7. The van der Waals surface area contributed by atoms with Gasteiger partial charge in [-0.2, -0.15) is 4.31 Å². The van der Waals surface area contributed by atoms with Crippen LogP contribution in [0.3, 0.4) is 0 Å². The topological polar surface area (TPSA) is 79.0 Å². The van der Waals surface area contributed by atoms with Gasteiger partial charge in [-0.05, 0) is 42.8 Å². The summed E-state index contributed by atoms with van der Waals surface area (Å²) in [7, 11) is -3.74. The van der Waals surface area contributed by atoms with Gasteiger partial charge in [0.15, 0.2) is 0 Å². The number of aryl methyl sites for hydroxylation is 1. The van der Waals surface area contributed by atoms with E-state index in [0.717, 1.165) is 0 Å². The maximum absolute atomic E-state index is 13.9. The quantitative estimate of drug-likeness (QED) is 0.702. The fraction of sp³-hybridized carbons (Fsp3) is 0.409. The van der Waals surface area contributed by atoms with Gasteiger partial charge < -0.3 is 15.0 Å². The van der Waals surface area contributed by atoms with Crippen LogP contribution in [0.15, 0.2) is 41.3 Å². The lowest BCUT2D eigenvalue weighted by Gasteiger charge is -2.30. The fourth-order valence-electron chi connectivity index (χ4n) is 3.52. The number of amides is 1. The fourth-order valence-corrected chi connectivity index (χ4v) is 5.00. The second-order valence-corrected chi connectivity index (χ2v) is 9.22. The zero-order chi connectivity index (χ0) is 22.6. The van der Waals surface area contributed by atoms with Crippen LogP contribution in [0.2, 0.25) is 0 Å².